The zero-order valence-corrected chi connectivity index (χ0v) is 18.2. The number of hydrogen-bond donors (Lipinski definition) is 0. The zero-order valence-electron chi connectivity index (χ0n) is 18.2. The lowest BCUT2D eigenvalue weighted by molar-refractivity contribution is -0.137. The second kappa shape index (κ2) is 9.08. The van der Waals surface area contributed by atoms with Gasteiger partial charge in [0.1, 0.15) is 0 Å². The van der Waals surface area contributed by atoms with Gasteiger partial charge in [-0.3, -0.25) is 9.78 Å². The number of hydrogen-bond acceptors (Lipinski definition) is 4. The minimum atomic E-state index is -4.53. The van der Waals surface area contributed by atoms with Crippen LogP contribution in [-0.4, -0.2) is 44.3 Å². The van der Waals surface area contributed by atoms with Gasteiger partial charge in [0.05, 0.1) is 17.2 Å². The van der Waals surface area contributed by atoms with Gasteiger partial charge in [-0.2, -0.15) is 13.2 Å². The van der Waals surface area contributed by atoms with E-state index in [1.165, 1.54) is 18.5 Å². The van der Waals surface area contributed by atoms with Crippen LogP contribution in [0.25, 0.3) is 11.4 Å². The Morgan fingerprint density at radius 2 is 1.85 bits per heavy atom. The highest BCUT2D eigenvalue weighted by atomic mass is 19.4. The minimum absolute atomic E-state index is 0.00461. The summed E-state index contributed by atoms with van der Waals surface area (Å²) in [6, 6.07) is 7.37. The molecule has 0 aliphatic carbocycles. The molecule has 10 heteroatoms. The lowest BCUT2D eigenvalue weighted by Crippen LogP contribution is -2.43. The summed E-state index contributed by atoms with van der Waals surface area (Å²) in [5, 5.41) is 0. The molecule has 0 bridgehead atoms. The van der Waals surface area contributed by atoms with E-state index in [0.29, 0.717) is 17.6 Å². The number of likely N-dealkylation sites (tertiary alicyclic amines) is 1. The first-order chi connectivity index (χ1) is 16.1. The molecule has 1 aromatic carbocycles. The van der Waals surface area contributed by atoms with E-state index in [1.54, 1.807) is 31.2 Å². The number of carbonyl (C=O) groups is 1. The van der Waals surface area contributed by atoms with Gasteiger partial charge in [0, 0.05) is 42.8 Å². The van der Waals surface area contributed by atoms with Crippen molar-refractivity contribution >= 4 is 5.91 Å². The van der Waals surface area contributed by atoms with Gasteiger partial charge in [0.25, 0.3) is 11.8 Å². The molecular weight excluding hydrogens is 455 g/mol. The maximum atomic E-state index is 14.8. The Morgan fingerprint density at radius 3 is 2.50 bits per heavy atom. The van der Waals surface area contributed by atoms with Crippen LogP contribution in [0.4, 0.5) is 22.0 Å². The molecule has 5 nitrogen and oxygen atoms in total. The van der Waals surface area contributed by atoms with Gasteiger partial charge in [-0.05, 0) is 44.0 Å². The number of alkyl halides is 5. The van der Waals surface area contributed by atoms with Crippen LogP contribution in [-0.2, 0) is 12.6 Å². The highest BCUT2D eigenvalue weighted by Gasteiger charge is 2.50. The first-order valence-corrected chi connectivity index (χ1v) is 10.7. The molecule has 1 amide bonds. The molecule has 0 radical (unpaired) electrons. The summed E-state index contributed by atoms with van der Waals surface area (Å²) in [7, 11) is 0. The quantitative estimate of drug-likeness (QED) is 0.466. The maximum Gasteiger partial charge on any atom is 0.417 e. The number of nitrogens with zero attached hydrogens (tertiary/aromatic N) is 4. The lowest BCUT2D eigenvalue weighted by Gasteiger charge is -2.28. The summed E-state index contributed by atoms with van der Waals surface area (Å²) in [5.41, 5.74) is 0.780. The van der Waals surface area contributed by atoms with E-state index in [-0.39, 0.29) is 30.6 Å². The van der Waals surface area contributed by atoms with Gasteiger partial charge in [0.2, 0.25) is 0 Å². The zero-order chi connectivity index (χ0) is 24.5. The fourth-order valence-corrected chi connectivity index (χ4v) is 4.08. The highest BCUT2D eigenvalue weighted by molar-refractivity contribution is 6.00. The Morgan fingerprint density at radius 1 is 1.12 bits per heavy atom. The maximum absolute atomic E-state index is 14.8. The molecule has 4 rings (SSSR count). The van der Waals surface area contributed by atoms with Crippen molar-refractivity contribution in [3.63, 3.8) is 0 Å². The predicted octanol–water partition coefficient (Wildman–Crippen LogP) is 5.35. The van der Waals surface area contributed by atoms with Crippen molar-refractivity contribution in [2.24, 2.45) is 0 Å². The van der Waals surface area contributed by atoms with Crippen LogP contribution < -0.4 is 0 Å². The first kappa shape index (κ1) is 23.7. The third kappa shape index (κ3) is 4.90. The third-order valence-electron chi connectivity index (χ3n) is 5.85. The van der Waals surface area contributed by atoms with Crippen LogP contribution in [0.2, 0.25) is 0 Å². The van der Waals surface area contributed by atoms with Crippen molar-refractivity contribution < 1.29 is 26.7 Å². The molecule has 0 N–H and O–H groups in total. The van der Waals surface area contributed by atoms with E-state index in [2.05, 4.69) is 15.0 Å². The standard InChI is InChI=1S/C24H21F5N4O/c1-15-3-7-18(21-30-10-2-11-31-21)19(13-15)22(34)33-12-9-23(25,26)20(33)8-6-17-5-4-16(14-32-17)24(27,28)29/h2-5,7,10-11,13-14,20H,6,8-9,12H2,1H3/t20-/m1/s1. The van der Waals surface area contributed by atoms with Crippen LogP contribution in [0.5, 0.6) is 0 Å². The molecule has 34 heavy (non-hydrogen) atoms. The van der Waals surface area contributed by atoms with Gasteiger partial charge in [0.15, 0.2) is 5.82 Å². The predicted molar refractivity (Wildman–Crippen MR) is 114 cm³/mol. The van der Waals surface area contributed by atoms with Gasteiger partial charge in [-0.25, -0.2) is 18.7 Å². The van der Waals surface area contributed by atoms with E-state index in [1.807, 2.05) is 0 Å². The van der Waals surface area contributed by atoms with E-state index >= 15 is 0 Å². The normalized spacial score (nSPS) is 17.7. The van der Waals surface area contributed by atoms with Gasteiger partial charge < -0.3 is 4.90 Å². The van der Waals surface area contributed by atoms with Crippen LogP contribution in [0.1, 0.15) is 40.0 Å². The van der Waals surface area contributed by atoms with Crippen molar-refractivity contribution in [2.75, 3.05) is 6.54 Å². The van der Waals surface area contributed by atoms with Crippen molar-refractivity contribution in [1.82, 2.24) is 19.9 Å². The molecule has 1 fully saturated rings. The second-order valence-electron chi connectivity index (χ2n) is 8.22. The van der Waals surface area contributed by atoms with Gasteiger partial charge in [-0.1, -0.05) is 17.7 Å². The fourth-order valence-electron chi connectivity index (χ4n) is 4.08. The second-order valence-corrected chi connectivity index (χ2v) is 8.22. The van der Waals surface area contributed by atoms with E-state index < -0.39 is 36.0 Å². The Bertz CT molecular complexity index is 1170. The average molecular weight is 476 g/mol. The van der Waals surface area contributed by atoms with Crippen LogP contribution >= 0.6 is 0 Å². The Hall–Kier alpha value is -3.43. The number of rotatable bonds is 5. The summed E-state index contributed by atoms with van der Waals surface area (Å²) >= 11 is 0. The molecule has 3 aromatic rings. The Labute approximate surface area is 192 Å². The summed E-state index contributed by atoms with van der Waals surface area (Å²) in [4.78, 5) is 26.7. The molecule has 0 unspecified atom stereocenters. The highest BCUT2D eigenvalue weighted by Crippen LogP contribution is 2.38. The summed E-state index contributed by atoms with van der Waals surface area (Å²) in [6.45, 7) is 1.65. The average Bonchev–Trinajstić information content (AvgIpc) is 3.11. The number of halogens is 5. The van der Waals surface area contributed by atoms with Gasteiger partial charge >= 0.3 is 6.18 Å². The molecule has 1 atom stereocenters. The third-order valence-corrected chi connectivity index (χ3v) is 5.85. The SMILES string of the molecule is Cc1ccc(-c2ncccn2)c(C(=O)N2CCC(F)(F)[C@H]2CCc2ccc(C(F)(F)F)cn2)c1. The van der Waals surface area contributed by atoms with Crippen molar-refractivity contribution in [3.05, 3.63) is 77.4 Å². The van der Waals surface area contributed by atoms with Crippen molar-refractivity contribution in [3.8, 4) is 11.4 Å². The molecule has 1 aliphatic rings. The fraction of sp³-hybridized carbons (Fsp3) is 0.333. The topological polar surface area (TPSA) is 59.0 Å². The molecular formula is C24H21F5N4O. The lowest BCUT2D eigenvalue weighted by atomic mass is 10.00. The molecule has 1 saturated heterocycles. The summed E-state index contributed by atoms with van der Waals surface area (Å²) in [5.74, 6) is -3.38. The molecule has 2 aromatic heterocycles. The molecule has 0 saturated carbocycles. The largest absolute Gasteiger partial charge is 0.417 e. The number of carbonyl (C=O) groups excluding carboxylic acids is 1. The van der Waals surface area contributed by atoms with E-state index in [4.69, 9.17) is 0 Å². The molecule has 1 aliphatic heterocycles. The molecule has 0 spiro atoms. The number of aromatic nitrogens is 3. The number of benzene rings is 1. The Kier molecular flexibility index (Phi) is 6.33. The number of amides is 1. The summed E-state index contributed by atoms with van der Waals surface area (Å²) < 4.78 is 67.8. The van der Waals surface area contributed by atoms with Crippen LogP contribution in [0.15, 0.2) is 55.0 Å². The van der Waals surface area contributed by atoms with E-state index in [9.17, 15) is 26.7 Å². The first-order valence-electron chi connectivity index (χ1n) is 10.7. The smallest absolute Gasteiger partial charge is 0.329 e. The minimum Gasteiger partial charge on any atom is -0.329 e. The van der Waals surface area contributed by atoms with Gasteiger partial charge in [-0.15, -0.1) is 0 Å². The number of aryl methyl sites for hydroxylation is 2. The van der Waals surface area contributed by atoms with Crippen LogP contribution in [0.3, 0.4) is 0 Å². The van der Waals surface area contributed by atoms with Crippen LogP contribution in [0, 0.1) is 6.92 Å². The number of pyridine rings is 1. The van der Waals surface area contributed by atoms with E-state index in [0.717, 1.165) is 16.5 Å². The van der Waals surface area contributed by atoms with Crippen molar-refractivity contribution in [1.29, 1.82) is 0 Å². The monoisotopic (exact) mass is 476 g/mol. The summed E-state index contributed by atoms with van der Waals surface area (Å²) in [6.07, 6.45) is -1.41. The molecule has 3 heterocycles. The Balaban J connectivity index is 1.58. The van der Waals surface area contributed by atoms with Crippen molar-refractivity contribution in [2.45, 2.75) is 44.3 Å². The molecule has 178 valence electrons.